The van der Waals surface area contributed by atoms with Gasteiger partial charge >= 0.3 is 11.9 Å². The number of esters is 2. The fourth-order valence-electron chi connectivity index (χ4n) is 5.45. The zero-order valence-corrected chi connectivity index (χ0v) is 18.2. The van der Waals surface area contributed by atoms with Crippen LogP contribution in [0.5, 0.6) is 0 Å². The number of carbonyl (C=O) groups excluding carboxylic acids is 4. The Morgan fingerprint density at radius 3 is 1.41 bits per heavy atom. The summed E-state index contributed by atoms with van der Waals surface area (Å²) in [5.41, 5.74) is 0.138. The molecule has 6 rings (SSSR count). The summed E-state index contributed by atoms with van der Waals surface area (Å²) < 4.78 is 11.1. The van der Waals surface area contributed by atoms with E-state index in [4.69, 9.17) is 9.47 Å². The van der Waals surface area contributed by atoms with Crippen molar-refractivity contribution in [2.75, 3.05) is 22.9 Å². The lowest BCUT2D eigenvalue weighted by atomic mass is 9.91. The molecule has 4 aliphatic heterocycles. The summed E-state index contributed by atoms with van der Waals surface area (Å²) in [6.45, 7) is 7.79. The summed E-state index contributed by atoms with van der Waals surface area (Å²) in [4.78, 5) is 54.5. The third kappa shape index (κ3) is 2.42. The SMILES string of the molecule is C=C1CC2(OC1=O)C(=O)N(CCN1C(=O)C3(CC(=C)C(=O)O3)c3ccccc31)c1ccccc12. The number of fused-ring (bicyclic) bond motifs is 4. The average Bonchev–Trinajstić information content (AvgIpc) is 3.45. The molecule has 2 aromatic carbocycles. The van der Waals surface area contributed by atoms with E-state index in [-0.39, 0.29) is 48.9 Å². The minimum atomic E-state index is -1.42. The average molecular weight is 456 g/mol. The van der Waals surface area contributed by atoms with Gasteiger partial charge in [-0.1, -0.05) is 49.6 Å². The van der Waals surface area contributed by atoms with E-state index in [9.17, 15) is 19.2 Å². The molecular weight excluding hydrogens is 436 g/mol. The van der Waals surface area contributed by atoms with Crippen LogP contribution in [0, 0.1) is 0 Å². The van der Waals surface area contributed by atoms with Gasteiger partial charge in [0.2, 0.25) is 11.2 Å². The Labute approximate surface area is 195 Å². The summed E-state index contributed by atoms with van der Waals surface area (Å²) in [5.74, 6) is -1.90. The normalized spacial score (nSPS) is 27.2. The third-order valence-corrected chi connectivity index (χ3v) is 7.02. The first kappa shape index (κ1) is 20.4. The van der Waals surface area contributed by atoms with Crippen LogP contribution >= 0.6 is 0 Å². The monoisotopic (exact) mass is 456 g/mol. The Kier molecular flexibility index (Phi) is 4.00. The Bertz CT molecular complexity index is 1220. The number of nitrogens with zero attached hydrogens (tertiary/aromatic N) is 2. The van der Waals surface area contributed by atoms with Gasteiger partial charge in [0.05, 0.1) is 11.4 Å². The van der Waals surface area contributed by atoms with E-state index in [1.165, 1.54) is 0 Å². The number of benzene rings is 2. The zero-order valence-electron chi connectivity index (χ0n) is 18.2. The summed E-state index contributed by atoms with van der Waals surface area (Å²) >= 11 is 0. The van der Waals surface area contributed by atoms with Crippen LogP contribution in [0.3, 0.4) is 0 Å². The largest absolute Gasteiger partial charge is 0.440 e. The van der Waals surface area contributed by atoms with Gasteiger partial charge < -0.3 is 19.3 Å². The number of hydrogen-bond acceptors (Lipinski definition) is 6. The van der Waals surface area contributed by atoms with Crippen LogP contribution in [-0.2, 0) is 39.9 Å². The molecule has 0 N–H and O–H groups in total. The topological polar surface area (TPSA) is 93.2 Å². The highest BCUT2D eigenvalue weighted by Gasteiger charge is 2.60. The Balaban J connectivity index is 1.33. The molecule has 2 atom stereocenters. The van der Waals surface area contributed by atoms with Gasteiger partial charge in [0, 0.05) is 48.2 Å². The van der Waals surface area contributed by atoms with E-state index in [2.05, 4.69) is 13.2 Å². The fourth-order valence-corrected chi connectivity index (χ4v) is 5.45. The highest BCUT2D eigenvalue weighted by molar-refractivity contribution is 6.13. The van der Waals surface area contributed by atoms with Crippen molar-refractivity contribution < 1.29 is 28.7 Å². The van der Waals surface area contributed by atoms with Gasteiger partial charge in [0.25, 0.3) is 11.8 Å². The molecule has 2 fully saturated rings. The molecule has 170 valence electrons. The lowest BCUT2D eigenvalue weighted by Crippen LogP contribution is -2.46. The fraction of sp³-hybridized carbons (Fsp3) is 0.231. The molecule has 0 bridgehead atoms. The van der Waals surface area contributed by atoms with Gasteiger partial charge in [-0.3, -0.25) is 9.59 Å². The number of para-hydroxylation sites is 2. The summed E-state index contributed by atoms with van der Waals surface area (Å²) in [7, 11) is 0. The summed E-state index contributed by atoms with van der Waals surface area (Å²) in [6.07, 6.45) is 0.176. The zero-order chi connectivity index (χ0) is 23.8. The number of ether oxygens (including phenoxy) is 2. The first-order valence-electron chi connectivity index (χ1n) is 10.9. The second kappa shape index (κ2) is 6.66. The third-order valence-electron chi connectivity index (χ3n) is 7.02. The van der Waals surface area contributed by atoms with Crippen molar-refractivity contribution in [2.45, 2.75) is 24.0 Å². The minimum absolute atomic E-state index is 0.0881. The maximum Gasteiger partial charge on any atom is 0.335 e. The van der Waals surface area contributed by atoms with E-state index in [0.717, 1.165) is 0 Å². The lowest BCUT2D eigenvalue weighted by Gasteiger charge is -2.26. The van der Waals surface area contributed by atoms with Crippen molar-refractivity contribution in [1.29, 1.82) is 0 Å². The van der Waals surface area contributed by atoms with Crippen LogP contribution in [0.15, 0.2) is 72.8 Å². The van der Waals surface area contributed by atoms with Gasteiger partial charge in [-0.05, 0) is 12.1 Å². The van der Waals surface area contributed by atoms with Gasteiger partial charge in [-0.25, -0.2) is 9.59 Å². The lowest BCUT2D eigenvalue weighted by molar-refractivity contribution is -0.156. The Hall–Kier alpha value is -4.20. The van der Waals surface area contributed by atoms with E-state index in [1.54, 1.807) is 58.3 Å². The Morgan fingerprint density at radius 1 is 0.676 bits per heavy atom. The predicted molar refractivity (Wildman–Crippen MR) is 121 cm³/mol. The highest BCUT2D eigenvalue weighted by Crippen LogP contribution is 2.51. The maximum atomic E-state index is 13.6. The molecular formula is C26H20N2O6. The summed E-state index contributed by atoms with van der Waals surface area (Å²) in [5, 5.41) is 0. The number of amides is 2. The molecule has 4 heterocycles. The van der Waals surface area contributed by atoms with Gasteiger partial charge in [0.15, 0.2) is 0 Å². The minimum Gasteiger partial charge on any atom is -0.440 e. The van der Waals surface area contributed by atoms with Crippen molar-refractivity contribution in [3.8, 4) is 0 Å². The molecule has 4 aliphatic rings. The molecule has 2 aromatic rings. The smallest absolute Gasteiger partial charge is 0.335 e. The number of hydrogen-bond donors (Lipinski definition) is 0. The van der Waals surface area contributed by atoms with Crippen LogP contribution < -0.4 is 9.80 Å². The number of anilines is 2. The standard InChI is InChI=1S/C26H20N2O6/c1-15-13-25(33-21(15)29)17-7-3-5-9-19(17)27(23(25)31)11-12-28-20-10-6-4-8-18(20)26(24(28)32)14-16(2)22(30)34-26/h3-10H,1-2,11-14H2. The van der Waals surface area contributed by atoms with Crippen LogP contribution in [-0.4, -0.2) is 36.8 Å². The van der Waals surface area contributed by atoms with Gasteiger partial charge in [-0.2, -0.15) is 0 Å². The Morgan fingerprint density at radius 2 is 1.06 bits per heavy atom. The predicted octanol–water partition coefficient (Wildman–Crippen LogP) is 2.48. The molecule has 2 amide bonds. The molecule has 2 spiro atoms. The van der Waals surface area contributed by atoms with Crippen molar-refractivity contribution in [2.24, 2.45) is 0 Å². The molecule has 2 unspecified atom stereocenters. The summed E-state index contributed by atoms with van der Waals surface area (Å²) in [6, 6.07) is 14.3. The maximum absolute atomic E-state index is 13.6. The molecule has 8 heteroatoms. The molecule has 34 heavy (non-hydrogen) atoms. The van der Waals surface area contributed by atoms with Crippen molar-refractivity contribution in [3.63, 3.8) is 0 Å². The van der Waals surface area contributed by atoms with E-state index in [1.807, 2.05) is 0 Å². The molecule has 0 radical (unpaired) electrons. The molecule has 2 saturated heterocycles. The second-order valence-corrected chi connectivity index (χ2v) is 8.94. The van der Waals surface area contributed by atoms with Crippen LogP contribution in [0.1, 0.15) is 24.0 Å². The number of rotatable bonds is 3. The number of carbonyl (C=O) groups is 4. The quantitative estimate of drug-likeness (QED) is 0.521. The highest BCUT2D eigenvalue weighted by atomic mass is 16.6. The van der Waals surface area contributed by atoms with Gasteiger partial charge in [-0.15, -0.1) is 0 Å². The van der Waals surface area contributed by atoms with Crippen LogP contribution in [0.4, 0.5) is 11.4 Å². The molecule has 0 aromatic heterocycles. The van der Waals surface area contributed by atoms with Crippen LogP contribution in [0.2, 0.25) is 0 Å². The van der Waals surface area contributed by atoms with E-state index >= 15 is 0 Å². The van der Waals surface area contributed by atoms with E-state index < -0.39 is 23.1 Å². The van der Waals surface area contributed by atoms with Crippen molar-refractivity contribution in [3.05, 3.63) is 84.0 Å². The van der Waals surface area contributed by atoms with E-state index in [0.29, 0.717) is 22.5 Å². The van der Waals surface area contributed by atoms with Crippen LogP contribution in [0.25, 0.3) is 0 Å². The second-order valence-electron chi connectivity index (χ2n) is 8.94. The first-order valence-corrected chi connectivity index (χ1v) is 10.9. The van der Waals surface area contributed by atoms with Gasteiger partial charge in [0.1, 0.15) is 0 Å². The molecule has 8 nitrogen and oxygen atoms in total. The molecule has 0 saturated carbocycles. The molecule has 0 aliphatic carbocycles. The van der Waals surface area contributed by atoms with Crippen molar-refractivity contribution in [1.82, 2.24) is 0 Å². The van der Waals surface area contributed by atoms with Crippen molar-refractivity contribution >= 4 is 35.1 Å². The first-order chi connectivity index (χ1) is 16.3.